The molecule has 1 aromatic carbocycles. The number of hydrogen-bond donors (Lipinski definition) is 0. The summed E-state index contributed by atoms with van der Waals surface area (Å²) in [5, 5.41) is 22.6. The Kier molecular flexibility index (Phi) is 7.28. The molecule has 0 aliphatic heterocycles. The van der Waals surface area contributed by atoms with Crippen molar-refractivity contribution < 1.29 is 78.8 Å². The monoisotopic (exact) mass is 266 g/mol. The number of hydrogen-bond acceptors (Lipinski definition) is 6. The van der Waals surface area contributed by atoms with Gasteiger partial charge >= 0.3 is 59.1 Å². The number of rotatable bonds is 2. The fraction of sp³-hybridized carbons (Fsp3) is 0.200. The molecular weight excluding hydrogens is 258 g/mol. The summed E-state index contributed by atoms with van der Waals surface area (Å²) >= 11 is 0. The third kappa shape index (κ3) is 3.40. The average molecular weight is 266 g/mol. The van der Waals surface area contributed by atoms with Crippen LogP contribution in [0, 0.1) is 0 Å². The molecular formula is C10H8N2Na2O4. The van der Waals surface area contributed by atoms with E-state index in [1.54, 1.807) is 0 Å². The first-order valence-corrected chi connectivity index (χ1v) is 4.43. The summed E-state index contributed by atoms with van der Waals surface area (Å²) in [4.78, 5) is 6.83. The molecule has 2 aromatic rings. The zero-order valence-electron chi connectivity index (χ0n) is 10.7. The molecule has 2 rings (SSSR count). The van der Waals surface area contributed by atoms with Gasteiger partial charge in [0, 0.05) is 11.5 Å². The third-order valence-corrected chi connectivity index (χ3v) is 2.15. The van der Waals surface area contributed by atoms with Crippen molar-refractivity contribution in [3.63, 3.8) is 0 Å². The van der Waals surface area contributed by atoms with Crippen LogP contribution in [0.5, 0.6) is 23.4 Å². The van der Waals surface area contributed by atoms with E-state index in [4.69, 9.17) is 9.47 Å². The maximum absolute atomic E-state index is 11.4. The first-order chi connectivity index (χ1) is 7.65. The van der Waals surface area contributed by atoms with Gasteiger partial charge in [0.05, 0.1) is 25.7 Å². The Labute approximate surface area is 148 Å². The minimum Gasteiger partial charge on any atom is -0.858 e. The number of nitrogens with zero attached hydrogens (tertiary/aromatic N) is 2. The van der Waals surface area contributed by atoms with E-state index in [0.29, 0.717) is 11.5 Å². The second-order valence-corrected chi connectivity index (χ2v) is 3.04. The van der Waals surface area contributed by atoms with Crippen LogP contribution in [0.2, 0.25) is 0 Å². The van der Waals surface area contributed by atoms with Crippen molar-refractivity contribution in [2.75, 3.05) is 14.2 Å². The summed E-state index contributed by atoms with van der Waals surface area (Å²) in [6.07, 6.45) is 0. The number of methoxy groups -OCH3 is 2. The normalized spacial score (nSPS) is 9.22. The van der Waals surface area contributed by atoms with Crippen molar-refractivity contribution in [3.05, 3.63) is 12.1 Å². The van der Waals surface area contributed by atoms with Gasteiger partial charge < -0.3 is 19.7 Å². The summed E-state index contributed by atoms with van der Waals surface area (Å²) in [5.41, 5.74) is 0.252. The summed E-state index contributed by atoms with van der Waals surface area (Å²) in [5.74, 6) is 0.192. The van der Waals surface area contributed by atoms with Gasteiger partial charge in [-0.25, -0.2) is 4.98 Å². The van der Waals surface area contributed by atoms with Crippen LogP contribution in [0.4, 0.5) is 0 Å². The van der Waals surface area contributed by atoms with Gasteiger partial charge in [-0.05, 0) is 11.9 Å². The molecule has 0 radical (unpaired) electrons. The predicted molar refractivity (Wildman–Crippen MR) is 51.5 cm³/mol. The molecule has 0 unspecified atom stereocenters. The zero-order valence-corrected chi connectivity index (χ0v) is 14.7. The second-order valence-electron chi connectivity index (χ2n) is 3.04. The minimum absolute atomic E-state index is 0. The van der Waals surface area contributed by atoms with Gasteiger partial charge in [0.2, 0.25) is 0 Å². The molecule has 0 atom stereocenters. The van der Waals surface area contributed by atoms with E-state index in [1.165, 1.54) is 26.4 Å². The summed E-state index contributed by atoms with van der Waals surface area (Å²) in [7, 11) is 2.91. The number of ether oxygens (including phenoxy) is 2. The van der Waals surface area contributed by atoms with Gasteiger partial charge in [-0.1, -0.05) is 0 Å². The molecule has 84 valence electrons. The first kappa shape index (κ1) is 17.8. The Hall–Kier alpha value is -0.240. The van der Waals surface area contributed by atoms with Gasteiger partial charge in [-0.2, -0.15) is 0 Å². The van der Waals surface area contributed by atoms with Crippen molar-refractivity contribution in [2.45, 2.75) is 0 Å². The molecule has 1 heterocycles. The average Bonchev–Trinajstić information content (AvgIpc) is 2.27. The van der Waals surface area contributed by atoms with Gasteiger partial charge in [0.25, 0.3) is 0 Å². The minimum atomic E-state index is -0.801. The molecule has 0 amide bonds. The summed E-state index contributed by atoms with van der Waals surface area (Å²) in [6, 6.07) is 2.12. The molecule has 6 nitrogen and oxygen atoms in total. The van der Waals surface area contributed by atoms with Crippen molar-refractivity contribution in [1.29, 1.82) is 0 Å². The van der Waals surface area contributed by atoms with Crippen LogP contribution in [-0.4, -0.2) is 24.2 Å². The van der Waals surface area contributed by atoms with Gasteiger partial charge in [-0.15, -0.1) is 0 Å². The van der Waals surface area contributed by atoms with Crippen LogP contribution in [0.25, 0.3) is 10.9 Å². The number of benzene rings is 1. The largest absolute Gasteiger partial charge is 1.00 e. The zero-order chi connectivity index (χ0) is 11.7. The predicted octanol–water partition coefficient (Wildman–Crippen LogP) is -6.20. The van der Waals surface area contributed by atoms with Crippen LogP contribution in [0.3, 0.4) is 0 Å². The van der Waals surface area contributed by atoms with E-state index in [-0.39, 0.29) is 70.0 Å². The molecule has 18 heavy (non-hydrogen) atoms. The molecule has 0 aliphatic carbocycles. The Morgan fingerprint density at radius 3 is 2.06 bits per heavy atom. The molecule has 0 spiro atoms. The standard InChI is InChI=1S/C10H10N2O4.2Na/c1-15-7-3-5-6(4-8(7)16-2)11-10(14)12-9(5)13;;/h3-4H,1-2H3,(H2,11,12,13,14);;/q;2*+1/p-2. The van der Waals surface area contributed by atoms with Crippen LogP contribution in [-0.2, 0) is 0 Å². The molecule has 0 bridgehead atoms. The van der Waals surface area contributed by atoms with E-state index in [9.17, 15) is 10.2 Å². The molecule has 0 saturated carbocycles. The Balaban J connectivity index is 0.00000144. The van der Waals surface area contributed by atoms with Crippen LogP contribution in [0.1, 0.15) is 0 Å². The molecule has 0 saturated heterocycles. The Morgan fingerprint density at radius 2 is 1.50 bits per heavy atom. The molecule has 0 N–H and O–H groups in total. The molecule has 8 heteroatoms. The SMILES string of the molecule is COc1cc2nc([O-])nc([O-])c2cc1OC.[Na+].[Na+]. The van der Waals surface area contributed by atoms with Gasteiger partial charge in [-0.3, -0.25) is 4.98 Å². The fourth-order valence-electron chi connectivity index (χ4n) is 1.41. The molecule has 1 aromatic heterocycles. The molecule has 0 fully saturated rings. The molecule has 0 aliphatic rings. The van der Waals surface area contributed by atoms with Crippen molar-refractivity contribution in [1.82, 2.24) is 9.97 Å². The Bertz CT molecular complexity index is 551. The maximum atomic E-state index is 11.4. The van der Waals surface area contributed by atoms with Crippen molar-refractivity contribution in [3.8, 4) is 23.4 Å². The first-order valence-electron chi connectivity index (χ1n) is 4.43. The van der Waals surface area contributed by atoms with E-state index in [2.05, 4.69) is 9.97 Å². The summed E-state index contributed by atoms with van der Waals surface area (Å²) in [6.45, 7) is 0. The van der Waals surface area contributed by atoms with Gasteiger partial charge in [0.1, 0.15) is 0 Å². The fourth-order valence-corrected chi connectivity index (χ4v) is 1.41. The van der Waals surface area contributed by atoms with Crippen LogP contribution in [0.15, 0.2) is 12.1 Å². The van der Waals surface area contributed by atoms with Crippen molar-refractivity contribution >= 4 is 10.9 Å². The van der Waals surface area contributed by atoms with E-state index >= 15 is 0 Å². The van der Waals surface area contributed by atoms with E-state index < -0.39 is 11.9 Å². The second kappa shape index (κ2) is 7.37. The quantitative estimate of drug-likeness (QED) is 0.502. The van der Waals surface area contributed by atoms with Crippen LogP contribution >= 0.6 is 0 Å². The maximum Gasteiger partial charge on any atom is 1.00 e. The van der Waals surface area contributed by atoms with Crippen LogP contribution < -0.4 is 78.8 Å². The smallest absolute Gasteiger partial charge is 0.858 e. The van der Waals surface area contributed by atoms with E-state index in [0.717, 1.165) is 0 Å². The van der Waals surface area contributed by atoms with E-state index in [1.807, 2.05) is 0 Å². The topological polar surface area (TPSA) is 90.4 Å². The number of fused-ring (bicyclic) bond motifs is 1. The summed E-state index contributed by atoms with van der Waals surface area (Å²) < 4.78 is 10.1. The van der Waals surface area contributed by atoms with Crippen molar-refractivity contribution in [2.24, 2.45) is 0 Å². The Morgan fingerprint density at radius 1 is 0.944 bits per heavy atom. The number of aromatic nitrogens is 2. The van der Waals surface area contributed by atoms with Gasteiger partial charge in [0.15, 0.2) is 11.5 Å². The third-order valence-electron chi connectivity index (χ3n) is 2.15.